The first-order chi connectivity index (χ1) is 10.5. The third kappa shape index (κ3) is 4.12. The Morgan fingerprint density at radius 2 is 1.91 bits per heavy atom. The number of hydrogen-bond donors (Lipinski definition) is 1. The monoisotopic (exact) mass is 315 g/mol. The van der Waals surface area contributed by atoms with Crippen molar-refractivity contribution in [3.8, 4) is 5.75 Å². The predicted octanol–water partition coefficient (Wildman–Crippen LogP) is 4.86. The lowest BCUT2D eigenvalue weighted by Gasteiger charge is -2.11. The molecule has 0 heterocycles. The van der Waals surface area contributed by atoms with Crippen LogP contribution in [0.3, 0.4) is 0 Å². The molecule has 0 fully saturated rings. The van der Waals surface area contributed by atoms with Crippen LogP contribution in [0.1, 0.15) is 22.3 Å². The Morgan fingerprint density at radius 3 is 2.55 bits per heavy atom. The number of allylic oxidation sites excluding steroid dienone is 1. The van der Waals surface area contributed by atoms with Crippen LogP contribution in [-0.4, -0.2) is 12.9 Å². The molecule has 0 bridgehead atoms. The van der Waals surface area contributed by atoms with Crippen molar-refractivity contribution in [3.63, 3.8) is 0 Å². The molecule has 1 N–H and O–H groups in total. The standard InChI is InChI=1S/C18H18ClNO2/c1-12-4-9-16(19)17(10-12)20-13(2)11-18(21)14-5-7-15(22-3)8-6-14/h4-10,20H,2,11H2,1,3H3. The van der Waals surface area contributed by atoms with E-state index in [2.05, 4.69) is 11.9 Å². The van der Waals surface area contributed by atoms with Gasteiger partial charge in [0.1, 0.15) is 5.75 Å². The fourth-order valence-corrected chi connectivity index (χ4v) is 2.21. The Hall–Kier alpha value is -2.26. The minimum atomic E-state index is -0.0103. The molecule has 2 rings (SSSR count). The Bertz CT molecular complexity index is 693. The minimum absolute atomic E-state index is 0.0103. The zero-order valence-corrected chi connectivity index (χ0v) is 13.4. The van der Waals surface area contributed by atoms with Crippen molar-refractivity contribution in [2.75, 3.05) is 12.4 Å². The van der Waals surface area contributed by atoms with Crippen LogP contribution < -0.4 is 10.1 Å². The van der Waals surface area contributed by atoms with E-state index in [1.807, 2.05) is 25.1 Å². The van der Waals surface area contributed by atoms with Crippen LogP contribution in [-0.2, 0) is 0 Å². The average molecular weight is 316 g/mol. The van der Waals surface area contributed by atoms with E-state index in [-0.39, 0.29) is 12.2 Å². The van der Waals surface area contributed by atoms with Crippen LogP contribution in [0.4, 0.5) is 5.69 Å². The predicted molar refractivity (Wildman–Crippen MR) is 90.9 cm³/mol. The summed E-state index contributed by atoms with van der Waals surface area (Å²) < 4.78 is 5.08. The minimum Gasteiger partial charge on any atom is -0.497 e. The zero-order chi connectivity index (χ0) is 16.1. The van der Waals surface area contributed by atoms with Crippen LogP contribution >= 0.6 is 11.6 Å². The lowest BCUT2D eigenvalue weighted by Crippen LogP contribution is -2.06. The Balaban J connectivity index is 2.01. The van der Waals surface area contributed by atoms with Gasteiger partial charge in [0.15, 0.2) is 5.78 Å². The number of aryl methyl sites for hydroxylation is 1. The van der Waals surface area contributed by atoms with Crippen LogP contribution in [0.15, 0.2) is 54.7 Å². The summed E-state index contributed by atoms with van der Waals surface area (Å²) in [7, 11) is 1.59. The number of hydrogen-bond acceptors (Lipinski definition) is 3. The van der Waals surface area contributed by atoms with E-state index in [9.17, 15) is 4.79 Å². The highest BCUT2D eigenvalue weighted by Crippen LogP contribution is 2.25. The summed E-state index contributed by atoms with van der Waals surface area (Å²) in [5.41, 5.74) is 3.07. The second kappa shape index (κ2) is 7.14. The number of ether oxygens (including phenoxy) is 1. The zero-order valence-electron chi connectivity index (χ0n) is 12.7. The number of nitrogens with one attached hydrogen (secondary N) is 1. The molecule has 0 unspecified atom stereocenters. The molecule has 0 radical (unpaired) electrons. The van der Waals surface area contributed by atoms with Gasteiger partial charge in [-0.15, -0.1) is 0 Å². The second-order valence-corrected chi connectivity index (χ2v) is 5.45. The summed E-state index contributed by atoms with van der Waals surface area (Å²) in [5, 5.41) is 3.70. The van der Waals surface area contributed by atoms with Gasteiger partial charge in [0.05, 0.1) is 24.2 Å². The van der Waals surface area contributed by atoms with E-state index in [4.69, 9.17) is 16.3 Å². The molecule has 0 saturated carbocycles. The number of Topliss-reactive ketones (excluding diaryl/α,β-unsaturated/α-hetero) is 1. The first kappa shape index (κ1) is 16.1. The number of halogens is 1. The molecule has 22 heavy (non-hydrogen) atoms. The van der Waals surface area contributed by atoms with Crippen molar-refractivity contribution >= 4 is 23.1 Å². The van der Waals surface area contributed by atoms with Gasteiger partial charge in [-0.05, 0) is 48.9 Å². The number of ketones is 1. The maximum atomic E-state index is 12.2. The van der Waals surface area contributed by atoms with Gasteiger partial charge >= 0.3 is 0 Å². The summed E-state index contributed by atoms with van der Waals surface area (Å²) in [4.78, 5) is 12.2. The van der Waals surface area contributed by atoms with E-state index in [0.717, 1.165) is 17.0 Å². The third-order valence-electron chi connectivity index (χ3n) is 3.22. The van der Waals surface area contributed by atoms with Crippen LogP contribution in [0.5, 0.6) is 5.75 Å². The van der Waals surface area contributed by atoms with Gasteiger partial charge in [-0.25, -0.2) is 0 Å². The number of benzene rings is 2. The van der Waals surface area contributed by atoms with Crippen LogP contribution in [0, 0.1) is 6.92 Å². The largest absolute Gasteiger partial charge is 0.497 e. The highest BCUT2D eigenvalue weighted by molar-refractivity contribution is 6.33. The molecular formula is C18H18ClNO2. The van der Waals surface area contributed by atoms with E-state index in [1.165, 1.54) is 0 Å². The maximum Gasteiger partial charge on any atom is 0.168 e. The number of methoxy groups -OCH3 is 1. The van der Waals surface area contributed by atoms with Gasteiger partial charge < -0.3 is 10.1 Å². The fraction of sp³-hybridized carbons (Fsp3) is 0.167. The summed E-state index contributed by atoms with van der Waals surface area (Å²) >= 11 is 6.12. The molecule has 0 aliphatic carbocycles. The molecule has 4 heteroatoms. The van der Waals surface area contributed by atoms with Gasteiger partial charge in [-0.3, -0.25) is 4.79 Å². The molecule has 0 amide bonds. The Labute approximate surface area is 135 Å². The fourth-order valence-electron chi connectivity index (χ4n) is 2.04. The highest BCUT2D eigenvalue weighted by Gasteiger charge is 2.09. The van der Waals surface area contributed by atoms with Crippen LogP contribution in [0.25, 0.3) is 0 Å². The molecule has 2 aromatic carbocycles. The third-order valence-corrected chi connectivity index (χ3v) is 3.55. The van der Waals surface area contributed by atoms with Gasteiger partial charge in [0, 0.05) is 11.3 Å². The molecule has 0 atom stereocenters. The SMILES string of the molecule is C=C(CC(=O)c1ccc(OC)cc1)Nc1cc(C)ccc1Cl. The lowest BCUT2D eigenvalue weighted by molar-refractivity contribution is 0.0993. The van der Waals surface area contributed by atoms with E-state index in [1.54, 1.807) is 31.4 Å². The van der Waals surface area contributed by atoms with Gasteiger partial charge in [-0.1, -0.05) is 24.2 Å². The summed E-state index contributed by atoms with van der Waals surface area (Å²) in [6, 6.07) is 12.7. The quantitative estimate of drug-likeness (QED) is 0.774. The first-order valence-corrected chi connectivity index (χ1v) is 7.25. The smallest absolute Gasteiger partial charge is 0.168 e. The van der Waals surface area contributed by atoms with Gasteiger partial charge in [0.2, 0.25) is 0 Å². The molecule has 0 aliphatic heterocycles. The molecule has 3 nitrogen and oxygen atoms in total. The molecule has 114 valence electrons. The molecule has 2 aromatic rings. The normalized spacial score (nSPS) is 10.1. The van der Waals surface area contributed by atoms with E-state index >= 15 is 0 Å². The summed E-state index contributed by atoms with van der Waals surface area (Å²) in [6.45, 7) is 5.88. The molecule has 0 aliphatic rings. The topological polar surface area (TPSA) is 38.3 Å². The summed E-state index contributed by atoms with van der Waals surface area (Å²) in [5.74, 6) is 0.712. The number of carbonyl (C=O) groups excluding carboxylic acids is 1. The molecule has 0 spiro atoms. The van der Waals surface area contributed by atoms with Crippen molar-refractivity contribution in [2.45, 2.75) is 13.3 Å². The van der Waals surface area contributed by atoms with Crippen LogP contribution in [0.2, 0.25) is 5.02 Å². The number of carbonyl (C=O) groups is 1. The molecule has 0 saturated heterocycles. The Morgan fingerprint density at radius 1 is 1.23 bits per heavy atom. The summed E-state index contributed by atoms with van der Waals surface area (Å²) in [6.07, 6.45) is 0.205. The van der Waals surface area contributed by atoms with Crippen molar-refractivity contribution in [3.05, 3.63) is 70.9 Å². The molecule has 0 aromatic heterocycles. The Kier molecular flexibility index (Phi) is 5.23. The molecular weight excluding hydrogens is 298 g/mol. The van der Waals surface area contributed by atoms with Crippen molar-refractivity contribution in [1.82, 2.24) is 0 Å². The first-order valence-electron chi connectivity index (χ1n) is 6.88. The van der Waals surface area contributed by atoms with Gasteiger partial charge in [0.25, 0.3) is 0 Å². The second-order valence-electron chi connectivity index (χ2n) is 5.04. The number of anilines is 1. The van der Waals surface area contributed by atoms with Crippen molar-refractivity contribution in [1.29, 1.82) is 0 Å². The number of rotatable bonds is 6. The average Bonchev–Trinajstić information content (AvgIpc) is 2.51. The van der Waals surface area contributed by atoms with E-state index in [0.29, 0.717) is 16.3 Å². The maximum absolute atomic E-state index is 12.2. The van der Waals surface area contributed by atoms with Crippen molar-refractivity contribution in [2.24, 2.45) is 0 Å². The van der Waals surface area contributed by atoms with Gasteiger partial charge in [-0.2, -0.15) is 0 Å². The highest BCUT2D eigenvalue weighted by atomic mass is 35.5. The van der Waals surface area contributed by atoms with Crippen molar-refractivity contribution < 1.29 is 9.53 Å². The van der Waals surface area contributed by atoms with E-state index < -0.39 is 0 Å². The lowest BCUT2D eigenvalue weighted by atomic mass is 10.1.